The molecule has 0 bridgehead atoms. The molecule has 3 aromatic rings. The van der Waals surface area contributed by atoms with Crippen LogP contribution in [0.2, 0.25) is 10.0 Å². The Kier molecular flexibility index (Phi) is 4.93. The lowest BCUT2D eigenvalue weighted by molar-refractivity contribution is 0.586. The molecule has 4 rings (SSSR count). The number of rotatable bonds is 4. The van der Waals surface area contributed by atoms with E-state index in [1.807, 2.05) is 24.1 Å². The van der Waals surface area contributed by atoms with E-state index in [1.54, 1.807) is 30.5 Å². The molecule has 27 heavy (non-hydrogen) atoms. The molecule has 0 saturated carbocycles. The van der Waals surface area contributed by atoms with Gasteiger partial charge in [-0.2, -0.15) is 14.9 Å². The van der Waals surface area contributed by atoms with Crippen molar-refractivity contribution in [3.05, 3.63) is 68.8 Å². The fourth-order valence-electron chi connectivity index (χ4n) is 3.54. The van der Waals surface area contributed by atoms with E-state index in [2.05, 4.69) is 15.1 Å². The average Bonchev–Trinajstić information content (AvgIpc) is 3.28. The first-order valence-electron chi connectivity index (χ1n) is 8.77. The molecule has 1 fully saturated rings. The fraction of sp³-hybridized carbons (Fsp3) is 0.316. The van der Waals surface area contributed by atoms with Crippen LogP contribution in [0.4, 0.5) is 5.69 Å². The van der Waals surface area contributed by atoms with Gasteiger partial charge in [0.2, 0.25) is 0 Å². The normalized spacial score (nSPS) is 16.9. The van der Waals surface area contributed by atoms with Crippen molar-refractivity contribution in [2.75, 3.05) is 18.0 Å². The maximum atomic E-state index is 12.7. The summed E-state index contributed by atoms with van der Waals surface area (Å²) in [6, 6.07) is 6.92. The Labute approximate surface area is 166 Å². The first-order valence-corrected chi connectivity index (χ1v) is 9.53. The summed E-state index contributed by atoms with van der Waals surface area (Å²) in [5.41, 5.74) is 2.23. The molecular weight excluding hydrogens is 385 g/mol. The smallest absolute Gasteiger partial charge is 0.292 e. The molecule has 0 spiro atoms. The minimum Gasteiger partial charge on any atom is -0.369 e. The first-order chi connectivity index (χ1) is 13.0. The van der Waals surface area contributed by atoms with Gasteiger partial charge in [0, 0.05) is 31.4 Å². The molecular formula is C19H19Cl2N5O. The molecule has 1 atom stereocenters. The largest absolute Gasteiger partial charge is 0.369 e. The second kappa shape index (κ2) is 7.37. The Morgan fingerprint density at radius 3 is 2.63 bits per heavy atom. The highest BCUT2D eigenvalue weighted by Gasteiger charge is 2.26. The number of aryl methyl sites for hydroxylation is 1. The van der Waals surface area contributed by atoms with Gasteiger partial charge in [-0.05, 0) is 48.6 Å². The van der Waals surface area contributed by atoms with Crippen molar-refractivity contribution in [2.45, 2.75) is 12.8 Å². The third-order valence-corrected chi connectivity index (χ3v) is 5.49. The van der Waals surface area contributed by atoms with Crippen LogP contribution in [0.15, 0.2) is 47.7 Å². The maximum absolute atomic E-state index is 12.7. The second-order valence-corrected chi connectivity index (χ2v) is 7.68. The van der Waals surface area contributed by atoms with E-state index in [0.29, 0.717) is 22.3 Å². The molecule has 0 radical (unpaired) electrons. The zero-order valence-corrected chi connectivity index (χ0v) is 16.4. The van der Waals surface area contributed by atoms with Crippen molar-refractivity contribution in [1.82, 2.24) is 19.6 Å². The Morgan fingerprint density at radius 1 is 1.15 bits per heavy atom. The van der Waals surface area contributed by atoms with E-state index in [-0.39, 0.29) is 10.6 Å². The Bertz CT molecular complexity index is 1010. The average molecular weight is 404 g/mol. The van der Waals surface area contributed by atoms with E-state index in [0.717, 1.165) is 25.9 Å². The van der Waals surface area contributed by atoms with Gasteiger partial charge in [0.05, 0.1) is 23.8 Å². The highest BCUT2D eigenvalue weighted by atomic mass is 35.5. The topological polar surface area (TPSA) is 56.0 Å². The van der Waals surface area contributed by atoms with Gasteiger partial charge in [-0.3, -0.25) is 9.48 Å². The summed E-state index contributed by atoms with van der Waals surface area (Å²) in [5, 5.41) is 9.34. The summed E-state index contributed by atoms with van der Waals surface area (Å²) < 4.78 is 3.12. The van der Waals surface area contributed by atoms with E-state index in [1.165, 1.54) is 10.2 Å². The minimum absolute atomic E-state index is 0.196. The number of anilines is 1. The molecule has 1 aromatic carbocycles. The monoisotopic (exact) mass is 403 g/mol. The van der Waals surface area contributed by atoms with Gasteiger partial charge in [0.25, 0.3) is 5.56 Å². The Hall–Kier alpha value is -2.31. The lowest BCUT2D eigenvalue weighted by Gasteiger charge is -2.20. The number of benzene rings is 1. The molecule has 8 heteroatoms. The third-order valence-electron chi connectivity index (χ3n) is 4.88. The molecule has 1 aliphatic heterocycles. The number of halogens is 2. The molecule has 0 N–H and O–H groups in total. The quantitative estimate of drug-likeness (QED) is 0.670. The molecule has 1 aliphatic rings. The molecule has 1 unspecified atom stereocenters. The maximum Gasteiger partial charge on any atom is 0.292 e. The third kappa shape index (κ3) is 3.73. The molecule has 2 aromatic heterocycles. The van der Waals surface area contributed by atoms with Crippen LogP contribution in [0.5, 0.6) is 0 Å². The Morgan fingerprint density at radius 2 is 1.93 bits per heavy atom. The van der Waals surface area contributed by atoms with Gasteiger partial charge in [-0.15, -0.1) is 0 Å². The van der Waals surface area contributed by atoms with Crippen LogP contribution in [0.3, 0.4) is 0 Å². The standard InChI is InChI=1S/C19H19Cl2N5O/c1-24-11-14(9-22-24)8-13-6-7-25(12-13)17-10-23-26(19(27)18(17)21)16-4-2-15(20)3-5-16/h2-5,9-11,13H,6-8,12H2,1H3. The van der Waals surface area contributed by atoms with E-state index in [9.17, 15) is 4.79 Å². The van der Waals surface area contributed by atoms with Gasteiger partial charge in [0.15, 0.2) is 0 Å². The lowest BCUT2D eigenvalue weighted by Crippen LogP contribution is -2.27. The molecule has 0 aliphatic carbocycles. The molecule has 0 amide bonds. The van der Waals surface area contributed by atoms with Gasteiger partial charge in [-0.1, -0.05) is 23.2 Å². The highest BCUT2D eigenvalue weighted by molar-refractivity contribution is 6.33. The van der Waals surface area contributed by atoms with Crippen molar-refractivity contribution < 1.29 is 0 Å². The van der Waals surface area contributed by atoms with Crippen molar-refractivity contribution in [3.63, 3.8) is 0 Å². The van der Waals surface area contributed by atoms with E-state index >= 15 is 0 Å². The number of hydrogen-bond donors (Lipinski definition) is 0. The number of aromatic nitrogens is 4. The van der Waals surface area contributed by atoms with Crippen molar-refractivity contribution in [2.24, 2.45) is 13.0 Å². The molecule has 140 valence electrons. The molecule has 3 heterocycles. The predicted octanol–water partition coefficient (Wildman–Crippen LogP) is 3.34. The van der Waals surface area contributed by atoms with Crippen LogP contribution in [0, 0.1) is 5.92 Å². The summed E-state index contributed by atoms with van der Waals surface area (Å²) in [4.78, 5) is 14.8. The zero-order valence-electron chi connectivity index (χ0n) is 14.8. The van der Waals surface area contributed by atoms with Gasteiger partial charge in [0.1, 0.15) is 5.02 Å². The van der Waals surface area contributed by atoms with Crippen molar-refractivity contribution in [1.29, 1.82) is 0 Å². The minimum atomic E-state index is -0.327. The Balaban J connectivity index is 1.53. The van der Waals surface area contributed by atoms with Crippen LogP contribution in [-0.2, 0) is 13.5 Å². The van der Waals surface area contributed by atoms with Crippen LogP contribution < -0.4 is 10.5 Å². The predicted molar refractivity (Wildman–Crippen MR) is 107 cm³/mol. The summed E-state index contributed by atoms with van der Waals surface area (Å²) in [6.07, 6.45) is 7.64. The van der Waals surface area contributed by atoms with E-state index < -0.39 is 0 Å². The summed E-state index contributed by atoms with van der Waals surface area (Å²) in [7, 11) is 1.92. The van der Waals surface area contributed by atoms with Gasteiger partial charge >= 0.3 is 0 Å². The van der Waals surface area contributed by atoms with Gasteiger partial charge in [-0.25, -0.2) is 0 Å². The SMILES string of the molecule is Cn1cc(CC2CCN(c3cnn(-c4ccc(Cl)cc4)c(=O)c3Cl)C2)cn1. The number of nitrogens with zero attached hydrogens (tertiary/aromatic N) is 5. The fourth-order valence-corrected chi connectivity index (χ4v) is 3.91. The number of hydrogen-bond acceptors (Lipinski definition) is 4. The second-order valence-electron chi connectivity index (χ2n) is 6.86. The molecule has 1 saturated heterocycles. The summed E-state index contributed by atoms with van der Waals surface area (Å²) >= 11 is 12.3. The van der Waals surface area contributed by atoms with Gasteiger partial charge < -0.3 is 4.90 Å². The highest BCUT2D eigenvalue weighted by Crippen LogP contribution is 2.29. The van der Waals surface area contributed by atoms with Crippen LogP contribution >= 0.6 is 23.2 Å². The van der Waals surface area contributed by atoms with Crippen LogP contribution in [0.25, 0.3) is 5.69 Å². The summed E-state index contributed by atoms with van der Waals surface area (Å²) in [5.74, 6) is 0.504. The van der Waals surface area contributed by atoms with Crippen molar-refractivity contribution in [3.8, 4) is 5.69 Å². The van der Waals surface area contributed by atoms with Crippen LogP contribution in [-0.4, -0.2) is 32.7 Å². The zero-order chi connectivity index (χ0) is 19.0. The van der Waals surface area contributed by atoms with Crippen molar-refractivity contribution >= 4 is 28.9 Å². The lowest BCUT2D eigenvalue weighted by atomic mass is 10.0. The summed E-state index contributed by atoms with van der Waals surface area (Å²) in [6.45, 7) is 1.71. The van der Waals surface area contributed by atoms with Crippen LogP contribution in [0.1, 0.15) is 12.0 Å². The van der Waals surface area contributed by atoms with E-state index in [4.69, 9.17) is 23.2 Å². The molecule has 6 nitrogen and oxygen atoms in total. The first kappa shape index (κ1) is 18.1.